The molecule has 3 nitrogen and oxygen atoms in total. The monoisotopic (exact) mass is 273 g/mol. The highest BCUT2D eigenvalue weighted by Crippen LogP contribution is 2.31. The van der Waals surface area contributed by atoms with Crippen molar-refractivity contribution >= 4 is 11.3 Å². The standard InChI is InChI=1S/C15H19N3S/c1-3-13-10(2)19-15(18-13)14(17-12-6-7-12)11-5-4-8-16-9-11/h4-5,8-9,12,14,17H,3,6-7H2,1-2H3. The van der Waals surface area contributed by atoms with Crippen LogP contribution in [0.15, 0.2) is 24.5 Å². The van der Waals surface area contributed by atoms with Gasteiger partial charge in [-0.3, -0.25) is 4.98 Å². The van der Waals surface area contributed by atoms with Gasteiger partial charge in [0.15, 0.2) is 0 Å². The molecule has 3 rings (SSSR count). The van der Waals surface area contributed by atoms with Crippen molar-refractivity contribution in [2.45, 2.75) is 45.2 Å². The predicted molar refractivity (Wildman–Crippen MR) is 78.5 cm³/mol. The Morgan fingerprint density at radius 3 is 2.89 bits per heavy atom. The number of rotatable bonds is 5. The minimum atomic E-state index is 0.199. The van der Waals surface area contributed by atoms with Crippen molar-refractivity contribution in [3.8, 4) is 0 Å². The van der Waals surface area contributed by atoms with E-state index in [0.717, 1.165) is 6.42 Å². The van der Waals surface area contributed by atoms with Crippen molar-refractivity contribution in [1.29, 1.82) is 0 Å². The maximum atomic E-state index is 4.81. The van der Waals surface area contributed by atoms with Gasteiger partial charge in [-0.1, -0.05) is 13.0 Å². The number of hydrogen-bond acceptors (Lipinski definition) is 4. The molecule has 1 atom stereocenters. The van der Waals surface area contributed by atoms with Gasteiger partial charge in [-0.15, -0.1) is 11.3 Å². The minimum Gasteiger partial charge on any atom is -0.301 e. The number of pyridine rings is 1. The van der Waals surface area contributed by atoms with Gasteiger partial charge in [0.05, 0.1) is 11.7 Å². The Bertz CT molecular complexity index is 546. The van der Waals surface area contributed by atoms with Crippen LogP contribution in [-0.2, 0) is 6.42 Å². The Morgan fingerprint density at radius 1 is 1.47 bits per heavy atom. The second-order valence-electron chi connectivity index (χ2n) is 5.07. The Morgan fingerprint density at radius 2 is 2.32 bits per heavy atom. The molecule has 1 aliphatic rings. The molecule has 2 aromatic rings. The molecule has 1 N–H and O–H groups in total. The van der Waals surface area contributed by atoms with E-state index in [9.17, 15) is 0 Å². The predicted octanol–water partition coefficient (Wildman–Crippen LogP) is 3.25. The molecule has 100 valence electrons. The van der Waals surface area contributed by atoms with Crippen molar-refractivity contribution in [1.82, 2.24) is 15.3 Å². The smallest absolute Gasteiger partial charge is 0.115 e. The fourth-order valence-corrected chi connectivity index (χ4v) is 3.34. The van der Waals surface area contributed by atoms with E-state index in [1.54, 1.807) is 0 Å². The first-order chi connectivity index (χ1) is 9.28. The van der Waals surface area contributed by atoms with Crippen molar-refractivity contribution in [2.75, 3.05) is 0 Å². The van der Waals surface area contributed by atoms with Crippen molar-refractivity contribution in [3.63, 3.8) is 0 Å². The number of aryl methyl sites for hydroxylation is 2. The largest absolute Gasteiger partial charge is 0.301 e. The van der Waals surface area contributed by atoms with Crippen molar-refractivity contribution in [3.05, 3.63) is 45.7 Å². The van der Waals surface area contributed by atoms with Crippen LogP contribution in [0.2, 0.25) is 0 Å². The number of nitrogens with one attached hydrogen (secondary N) is 1. The number of hydrogen-bond donors (Lipinski definition) is 1. The first kappa shape index (κ1) is 12.8. The zero-order valence-electron chi connectivity index (χ0n) is 11.4. The molecule has 0 aromatic carbocycles. The highest BCUT2D eigenvalue weighted by Gasteiger charge is 2.28. The summed E-state index contributed by atoms with van der Waals surface area (Å²) in [5, 5.41) is 4.87. The molecule has 0 aliphatic heterocycles. The van der Waals surface area contributed by atoms with E-state index >= 15 is 0 Å². The van der Waals surface area contributed by atoms with Gasteiger partial charge in [-0.25, -0.2) is 4.98 Å². The molecule has 2 heterocycles. The summed E-state index contributed by atoms with van der Waals surface area (Å²) in [7, 11) is 0. The zero-order chi connectivity index (χ0) is 13.2. The van der Waals surface area contributed by atoms with Crippen LogP contribution in [-0.4, -0.2) is 16.0 Å². The molecule has 1 saturated carbocycles. The SMILES string of the molecule is CCc1nc(C(NC2CC2)c2cccnc2)sc1C. The van der Waals surface area contributed by atoms with E-state index in [1.807, 2.05) is 29.8 Å². The van der Waals surface area contributed by atoms with Gasteiger partial charge in [-0.05, 0) is 37.8 Å². The number of nitrogens with zero attached hydrogens (tertiary/aromatic N) is 2. The fourth-order valence-electron chi connectivity index (χ4n) is 2.24. The summed E-state index contributed by atoms with van der Waals surface area (Å²) in [6, 6.07) is 4.98. The Balaban J connectivity index is 1.93. The van der Waals surface area contributed by atoms with Crippen LogP contribution < -0.4 is 5.32 Å². The molecule has 0 bridgehead atoms. The molecule has 1 aliphatic carbocycles. The zero-order valence-corrected chi connectivity index (χ0v) is 12.2. The molecule has 0 amide bonds. The summed E-state index contributed by atoms with van der Waals surface area (Å²) >= 11 is 1.81. The fraction of sp³-hybridized carbons (Fsp3) is 0.467. The normalized spacial score (nSPS) is 16.5. The van der Waals surface area contributed by atoms with Crippen LogP contribution in [0.1, 0.15) is 46.9 Å². The van der Waals surface area contributed by atoms with Crippen LogP contribution in [0.25, 0.3) is 0 Å². The third kappa shape index (κ3) is 2.85. The van der Waals surface area contributed by atoms with Gasteiger partial charge in [0.1, 0.15) is 5.01 Å². The second kappa shape index (κ2) is 5.39. The van der Waals surface area contributed by atoms with Crippen LogP contribution in [0.3, 0.4) is 0 Å². The second-order valence-corrected chi connectivity index (χ2v) is 6.30. The highest BCUT2D eigenvalue weighted by atomic mass is 32.1. The lowest BCUT2D eigenvalue weighted by Gasteiger charge is -2.16. The molecule has 1 fully saturated rings. The maximum Gasteiger partial charge on any atom is 0.115 e. The third-order valence-electron chi connectivity index (χ3n) is 3.49. The van der Waals surface area contributed by atoms with E-state index in [0.29, 0.717) is 6.04 Å². The highest BCUT2D eigenvalue weighted by molar-refractivity contribution is 7.11. The molecule has 4 heteroatoms. The Kier molecular flexibility index (Phi) is 3.62. The lowest BCUT2D eigenvalue weighted by atomic mass is 10.1. The van der Waals surface area contributed by atoms with Crippen molar-refractivity contribution in [2.24, 2.45) is 0 Å². The van der Waals surface area contributed by atoms with Gasteiger partial charge < -0.3 is 5.32 Å². The van der Waals surface area contributed by atoms with Crippen LogP contribution in [0.5, 0.6) is 0 Å². The van der Waals surface area contributed by atoms with Crippen LogP contribution in [0.4, 0.5) is 0 Å². The molecule has 0 saturated heterocycles. The van der Waals surface area contributed by atoms with E-state index < -0.39 is 0 Å². The van der Waals surface area contributed by atoms with Gasteiger partial charge in [-0.2, -0.15) is 0 Å². The van der Waals surface area contributed by atoms with E-state index in [4.69, 9.17) is 4.98 Å². The summed E-state index contributed by atoms with van der Waals surface area (Å²) < 4.78 is 0. The minimum absolute atomic E-state index is 0.199. The molecule has 0 spiro atoms. The molecular formula is C15H19N3S. The first-order valence-electron chi connectivity index (χ1n) is 6.90. The molecule has 0 radical (unpaired) electrons. The summed E-state index contributed by atoms with van der Waals surface area (Å²) in [5.74, 6) is 0. The lowest BCUT2D eigenvalue weighted by molar-refractivity contribution is 0.595. The topological polar surface area (TPSA) is 37.8 Å². The Hall–Kier alpha value is -1.26. The van der Waals surface area contributed by atoms with E-state index in [1.165, 1.54) is 34.0 Å². The maximum absolute atomic E-state index is 4.81. The average molecular weight is 273 g/mol. The Labute approximate surface area is 118 Å². The third-order valence-corrected chi connectivity index (χ3v) is 4.57. The quantitative estimate of drug-likeness (QED) is 0.908. The van der Waals surface area contributed by atoms with Gasteiger partial charge in [0.25, 0.3) is 0 Å². The summed E-state index contributed by atoms with van der Waals surface area (Å²) in [6.45, 7) is 4.33. The van der Waals surface area contributed by atoms with Gasteiger partial charge >= 0.3 is 0 Å². The summed E-state index contributed by atoms with van der Waals surface area (Å²) in [5.41, 5.74) is 2.44. The number of thiazole rings is 1. The molecule has 19 heavy (non-hydrogen) atoms. The lowest BCUT2D eigenvalue weighted by Crippen LogP contribution is -2.24. The number of aromatic nitrogens is 2. The van der Waals surface area contributed by atoms with E-state index in [2.05, 4.69) is 30.2 Å². The summed E-state index contributed by atoms with van der Waals surface area (Å²) in [6.07, 6.45) is 7.33. The van der Waals surface area contributed by atoms with Gasteiger partial charge in [0, 0.05) is 23.3 Å². The molecule has 2 aromatic heterocycles. The molecular weight excluding hydrogens is 254 g/mol. The summed E-state index contributed by atoms with van der Waals surface area (Å²) in [4.78, 5) is 10.4. The van der Waals surface area contributed by atoms with Crippen LogP contribution in [0, 0.1) is 6.92 Å². The molecule has 1 unspecified atom stereocenters. The van der Waals surface area contributed by atoms with Gasteiger partial charge in [0.2, 0.25) is 0 Å². The van der Waals surface area contributed by atoms with Crippen LogP contribution >= 0.6 is 11.3 Å². The van der Waals surface area contributed by atoms with E-state index in [-0.39, 0.29) is 6.04 Å². The van der Waals surface area contributed by atoms with Crippen molar-refractivity contribution < 1.29 is 0 Å². The first-order valence-corrected chi connectivity index (χ1v) is 7.71. The average Bonchev–Trinajstić information content (AvgIpc) is 3.19.